The molecule has 9 rings (SSSR count). The van der Waals surface area contributed by atoms with Crippen LogP contribution in [0.15, 0.2) is 136 Å². The minimum atomic E-state index is -3.67. The molecule has 6 aromatic carbocycles. The van der Waals surface area contributed by atoms with E-state index >= 15 is 0 Å². The highest BCUT2D eigenvalue weighted by molar-refractivity contribution is 6.33. The van der Waals surface area contributed by atoms with E-state index in [9.17, 15) is 18.1 Å². The Morgan fingerprint density at radius 1 is 0.531 bits per heavy atom. The maximum atomic E-state index is 10.5. The summed E-state index contributed by atoms with van der Waals surface area (Å²) < 4.78 is 41.4. The van der Waals surface area contributed by atoms with Crippen molar-refractivity contribution in [1.29, 1.82) is 0 Å². The molecular formula is C42H34BF3O3. The van der Waals surface area contributed by atoms with Crippen LogP contribution >= 0.6 is 0 Å². The molecule has 0 fully saturated rings. The normalized spacial score (nSPS) is 13.1. The van der Waals surface area contributed by atoms with Crippen LogP contribution in [0.3, 0.4) is 0 Å². The minimum Gasteiger partial charge on any atom is -0.455 e. The Kier molecular flexibility index (Phi) is 8.12. The predicted octanol–water partition coefficient (Wildman–Crippen LogP) is 12.3. The van der Waals surface area contributed by atoms with Crippen LogP contribution in [0.5, 0.6) is 0 Å². The zero-order valence-corrected chi connectivity index (χ0v) is 27.6. The number of fused-ring (bicyclic) bond motifs is 10. The summed E-state index contributed by atoms with van der Waals surface area (Å²) in [5.74, 6) is 0. The number of para-hydroxylation sites is 3. The van der Waals surface area contributed by atoms with Gasteiger partial charge in [-0.15, -0.1) is 0 Å². The highest BCUT2D eigenvalue weighted by Gasteiger charge is 2.37. The molecule has 8 aromatic rings. The summed E-state index contributed by atoms with van der Waals surface area (Å²) in [5, 5.41) is 15.1. The zero-order chi connectivity index (χ0) is 34.5. The van der Waals surface area contributed by atoms with Crippen LogP contribution in [0.2, 0.25) is 0 Å². The molecular weight excluding hydrogens is 620 g/mol. The van der Waals surface area contributed by atoms with Crippen molar-refractivity contribution in [2.75, 3.05) is 0 Å². The molecule has 0 atom stereocenters. The number of halogens is 3. The summed E-state index contributed by atoms with van der Waals surface area (Å²) in [6.07, 6.45) is 0. The Morgan fingerprint density at radius 2 is 1.02 bits per heavy atom. The molecule has 0 aliphatic heterocycles. The van der Waals surface area contributed by atoms with Gasteiger partial charge in [-0.3, -0.25) is 12.9 Å². The van der Waals surface area contributed by atoms with Crippen LogP contribution in [0.4, 0.5) is 12.9 Å². The van der Waals surface area contributed by atoms with E-state index in [1.165, 1.54) is 33.0 Å². The molecule has 0 amide bonds. The van der Waals surface area contributed by atoms with Crippen LogP contribution in [0, 0.1) is 0 Å². The van der Waals surface area contributed by atoms with Gasteiger partial charge in [-0.1, -0.05) is 129 Å². The van der Waals surface area contributed by atoms with Crippen molar-refractivity contribution in [3.8, 4) is 22.3 Å². The van der Waals surface area contributed by atoms with Crippen molar-refractivity contribution in [1.82, 2.24) is 0 Å². The third-order valence-corrected chi connectivity index (χ3v) is 9.37. The van der Waals surface area contributed by atoms with Crippen molar-refractivity contribution in [3.63, 3.8) is 0 Å². The van der Waals surface area contributed by atoms with Crippen molar-refractivity contribution in [2.45, 2.75) is 38.7 Å². The lowest BCUT2D eigenvalue weighted by Gasteiger charge is -2.21. The van der Waals surface area contributed by atoms with E-state index in [1.807, 2.05) is 74.5 Å². The van der Waals surface area contributed by atoms with Crippen molar-refractivity contribution >= 4 is 51.4 Å². The number of hydrogen-bond donors (Lipinski definition) is 1. The number of rotatable bonds is 2. The van der Waals surface area contributed by atoms with Crippen LogP contribution in [-0.4, -0.2) is 12.7 Å². The van der Waals surface area contributed by atoms with E-state index in [1.54, 1.807) is 0 Å². The van der Waals surface area contributed by atoms with Gasteiger partial charge in [0.15, 0.2) is 0 Å². The van der Waals surface area contributed by atoms with Crippen molar-refractivity contribution in [2.24, 2.45) is 0 Å². The predicted molar refractivity (Wildman–Crippen MR) is 195 cm³/mol. The third kappa shape index (κ3) is 5.68. The first-order chi connectivity index (χ1) is 23.5. The molecule has 1 aliphatic carbocycles. The van der Waals surface area contributed by atoms with Gasteiger partial charge in [-0.05, 0) is 53.8 Å². The van der Waals surface area contributed by atoms with E-state index in [4.69, 9.17) is 8.83 Å². The minimum absolute atomic E-state index is 0.0269. The lowest BCUT2D eigenvalue weighted by atomic mass is 9.82. The fourth-order valence-corrected chi connectivity index (χ4v) is 7.18. The van der Waals surface area contributed by atoms with Crippen molar-refractivity contribution in [3.05, 3.63) is 144 Å². The van der Waals surface area contributed by atoms with E-state index < -0.39 is 13.1 Å². The zero-order valence-electron chi connectivity index (χ0n) is 27.6. The summed E-state index contributed by atoms with van der Waals surface area (Å²) in [6.45, 7) is 8.22. The van der Waals surface area contributed by atoms with E-state index in [0.717, 1.165) is 49.8 Å². The average molecular weight is 655 g/mol. The van der Waals surface area contributed by atoms with Crippen LogP contribution < -0.4 is 0 Å². The standard InChI is InChI=1S/C21H18O2.C21H16O.BF3/c1-21(2,22)18-12-5-3-8-14(18)16-10-7-11-17-15-9-4-6-13-19(15)23-20(16)17;1-21(2)16-9-5-3-8-15(16)19-17(21)12-11-14-13-7-4-6-10-18(13)22-20(14)19;2-1(3)4/h3-13,22H,1-2H3;3-12H,1-2H3;. The fourth-order valence-electron chi connectivity index (χ4n) is 7.18. The van der Waals surface area contributed by atoms with Gasteiger partial charge in [0.1, 0.15) is 22.3 Å². The van der Waals surface area contributed by atoms with Crippen LogP contribution in [0.1, 0.15) is 44.4 Å². The highest BCUT2D eigenvalue weighted by Crippen LogP contribution is 2.52. The van der Waals surface area contributed by atoms with Gasteiger partial charge in [-0.25, -0.2) is 0 Å². The second-order valence-electron chi connectivity index (χ2n) is 13.3. The fraction of sp³-hybridized carbons (Fsp3) is 0.143. The summed E-state index contributed by atoms with van der Waals surface area (Å²) >= 11 is 0. The number of hydrogen-bond acceptors (Lipinski definition) is 3. The summed E-state index contributed by atoms with van der Waals surface area (Å²) in [5.41, 5.74) is 11.1. The Morgan fingerprint density at radius 3 is 1.67 bits per heavy atom. The molecule has 244 valence electrons. The Hall–Kier alpha value is -5.27. The molecule has 0 spiro atoms. The molecule has 0 radical (unpaired) electrons. The van der Waals surface area contributed by atoms with Gasteiger partial charge in [0.05, 0.1) is 5.60 Å². The lowest BCUT2D eigenvalue weighted by Crippen LogP contribution is -2.16. The largest absolute Gasteiger partial charge is 0.762 e. The van der Waals surface area contributed by atoms with Crippen LogP contribution in [0.25, 0.3) is 66.1 Å². The molecule has 0 saturated heterocycles. The topological polar surface area (TPSA) is 46.5 Å². The van der Waals surface area contributed by atoms with Gasteiger partial charge >= 0.3 is 7.54 Å². The third-order valence-electron chi connectivity index (χ3n) is 9.37. The second-order valence-corrected chi connectivity index (χ2v) is 13.3. The molecule has 2 heterocycles. The SMILES string of the molecule is CC(C)(O)c1ccccc1-c1cccc2c1oc1ccccc12.CC1(C)c2ccccc2-c2c1ccc1c2oc2ccccc21.FB(F)F. The van der Waals surface area contributed by atoms with Gasteiger partial charge in [0.2, 0.25) is 0 Å². The maximum Gasteiger partial charge on any atom is 0.762 e. The summed E-state index contributed by atoms with van der Waals surface area (Å²) in [4.78, 5) is 0. The first-order valence-electron chi connectivity index (χ1n) is 16.2. The first kappa shape index (κ1) is 32.3. The molecule has 0 unspecified atom stereocenters. The smallest absolute Gasteiger partial charge is 0.455 e. The van der Waals surface area contributed by atoms with Gasteiger partial charge in [0, 0.05) is 38.1 Å². The number of furan rings is 2. The van der Waals surface area contributed by atoms with Gasteiger partial charge < -0.3 is 13.9 Å². The molecule has 3 nitrogen and oxygen atoms in total. The molecule has 1 aliphatic rings. The van der Waals surface area contributed by atoms with Crippen molar-refractivity contribution < 1.29 is 26.9 Å². The van der Waals surface area contributed by atoms with Gasteiger partial charge in [0.25, 0.3) is 0 Å². The number of aliphatic hydroxyl groups is 1. The maximum absolute atomic E-state index is 10.5. The number of benzene rings is 6. The molecule has 49 heavy (non-hydrogen) atoms. The average Bonchev–Trinajstić information content (AvgIpc) is 3.73. The second kappa shape index (κ2) is 12.3. The Bertz CT molecular complexity index is 2470. The first-order valence-corrected chi connectivity index (χ1v) is 16.2. The molecule has 2 aromatic heterocycles. The summed E-state index contributed by atoms with van der Waals surface area (Å²) in [7, 11) is -3.67. The Balaban J connectivity index is 0.000000140. The lowest BCUT2D eigenvalue weighted by molar-refractivity contribution is 0.0792. The van der Waals surface area contributed by atoms with E-state index in [0.29, 0.717) is 0 Å². The molecule has 0 bridgehead atoms. The summed E-state index contributed by atoms with van der Waals surface area (Å²) in [6, 6.07) is 43.7. The van der Waals surface area contributed by atoms with Gasteiger partial charge in [-0.2, -0.15) is 0 Å². The van der Waals surface area contributed by atoms with E-state index in [2.05, 4.69) is 80.6 Å². The molecule has 0 saturated carbocycles. The Labute approximate surface area is 282 Å². The molecule has 7 heteroatoms. The van der Waals surface area contributed by atoms with E-state index in [-0.39, 0.29) is 5.41 Å². The quantitative estimate of drug-likeness (QED) is 0.189. The van der Waals surface area contributed by atoms with Crippen LogP contribution in [-0.2, 0) is 11.0 Å². The monoisotopic (exact) mass is 654 g/mol. The highest BCUT2D eigenvalue weighted by atomic mass is 19.4. The molecule has 1 N–H and O–H groups in total.